The summed E-state index contributed by atoms with van der Waals surface area (Å²) < 4.78 is 13.2. The molecule has 2 rings (SSSR count). The molecule has 0 aliphatic heterocycles. The minimum atomic E-state index is -2.45. The monoisotopic (exact) mass is 284 g/mol. The second-order valence-electron chi connectivity index (χ2n) is 3.58. The zero-order chi connectivity index (χ0) is 9.31. The maximum absolute atomic E-state index is 5.46. The third-order valence-corrected chi connectivity index (χ3v) is 10.9. The van der Waals surface area contributed by atoms with Gasteiger partial charge in [-0.1, -0.05) is 0 Å². The van der Waals surface area contributed by atoms with Crippen LogP contribution in [0.4, 0.5) is 0 Å². The van der Waals surface area contributed by atoms with Crippen molar-refractivity contribution in [2.45, 2.75) is 9.88 Å². The summed E-state index contributed by atoms with van der Waals surface area (Å²) in [5, 5.41) is 0. The van der Waals surface area contributed by atoms with Crippen LogP contribution in [0.2, 0.25) is 9.88 Å². The van der Waals surface area contributed by atoms with Crippen LogP contribution in [0.25, 0.3) is 0 Å². The van der Waals surface area contributed by atoms with Gasteiger partial charge in [0.1, 0.15) is 0 Å². The summed E-state index contributed by atoms with van der Waals surface area (Å²) in [5.41, 5.74) is 0. The van der Waals surface area contributed by atoms with Crippen LogP contribution in [0.15, 0.2) is 45.6 Å². The van der Waals surface area contributed by atoms with E-state index < -0.39 is 18.4 Å². The number of hydrogen-bond donors (Lipinski definition) is 0. The van der Waals surface area contributed by atoms with Crippen molar-refractivity contribution in [2.75, 3.05) is 0 Å². The molecule has 13 heavy (non-hydrogen) atoms. The van der Waals surface area contributed by atoms with Gasteiger partial charge in [-0.15, -0.1) is 0 Å². The van der Waals surface area contributed by atoms with Crippen LogP contribution in [0, 0.1) is 0 Å². The van der Waals surface area contributed by atoms with Gasteiger partial charge in [0.2, 0.25) is 0 Å². The van der Waals surface area contributed by atoms with E-state index >= 15 is 0 Å². The van der Waals surface area contributed by atoms with E-state index in [1.165, 1.54) is 0 Å². The summed E-state index contributed by atoms with van der Waals surface area (Å²) in [6, 6.07) is 7.99. The zero-order valence-electron chi connectivity index (χ0n) is 7.78. The van der Waals surface area contributed by atoms with Crippen LogP contribution < -0.4 is 7.55 Å². The predicted octanol–water partition coefficient (Wildman–Crippen LogP) is 1.70. The molecule has 68 valence electrons. The molecule has 0 atom stereocenters. The Morgan fingerprint density at radius 2 is 1.38 bits per heavy atom. The van der Waals surface area contributed by atoms with E-state index in [0.29, 0.717) is 0 Å². The molecular weight excluding hydrogens is 271 g/mol. The fourth-order valence-corrected chi connectivity index (χ4v) is 7.08. The molecule has 0 amide bonds. The SMILES string of the molecule is [CH3][Sn]([CH3])([c]1ccco1)[c]1ccco1. The van der Waals surface area contributed by atoms with Gasteiger partial charge in [0.25, 0.3) is 0 Å². The Kier molecular flexibility index (Phi) is 2.24. The van der Waals surface area contributed by atoms with Crippen LogP contribution in [0.3, 0.4) is 0 Å². The molecule has 0 bridgehead atoms. The van der Waals surface area contributed by atoms with Crippen LogP contribution in [0.1, 0.15) is 0 Å². The van der Waals surface area contributed by atoms with Crippen molar-refractivity contribution in [2.24, 2.45) is 0 Å². The van der Waals surface area contributed by atoms with E-state index in [1.54, 1.807) is 12.5 Å². The van der Waals surface area contributed by atoms with E-state index in [-0.39, 0.29) is 0 Å². The topological polar surface area (TPSA) is 26.3 Å². The molecule has 0 unspecified atom stereocenters. The van der Waals surface area contributed by atoms with Crippen LogP contribution >= 0.6 is 0 Å². The Balaban J connectivity index is 2.42. The average molecular weight is 283 g/mol. The van der Waals surface area contributed by atoms with Crippen LogP contribution in [0.5, 0.6) is 0 Å². The fourth-order valence-electron chi connectivity index (χ4n) is 1.39. The molecule has 0 fully saturated rings. The molecular formula is C10H12O2Sn. The van der Waals surface area contributed by atoms with Gasteiger partial charge in [0.15, 0.2) is 0 Å². The van der Waals surface area contributed by atoms with E-state index in [9.17, 15) is 0 Å². The first kappa shape index (κ1) is 8.94. The average Bonchev–Trinajstić information content (AvgIpc) is 2.78. The van der Waals surface area contributed by atoms with Crippen molar-refractivity contribution in [3.05, 3.63) is 36.8 Å². The van der Waals surface area contributed by atoms with E-state index in [4.69, 9.17) is 8.83 Å². The number of rotatable bonds is 2. The Bertz CT molecular complexity index is 323. The van der Waals surface area contributed by atoms with Gasteiger partial charge in [-0.3, -0.25) is 0 Å². The Morgan fingerprint density at radius 3 is 1.69 bits per heavy atom. The molecule has 0 aliphatic rings. The molecule has 0 saturated heterocycles. The van der Waals surface area contributed by atoms with Crippen molar-refractivity contribution < 1.29 is 8.83 Å². The molecule has 0 radical (unpaired) electrons. The Morgan fingerprint density at radius 1 is 0.923 bits per heavy atom. The third kappa shape index (κ3) is 1.55. The van der Waals surface area contributed by atoms with Gasteiger partial charge in [-0.05, 0) is 0 Å². The van der Waals surface area contributed by atoms with Crippen LogP contribution in [-0.4, -0.2) is 18.4 Å². The van der Waals surface area contributed by atoms with E-state index in [0.717, 1.165) is 7.55 Å². The van der Waals surface area contributed by atoms with Crippen molar-refractivity contribution in [1.29, 1.82) is 0 Å². The number of furan rings is 2. The summed E-state index contributed by atoms with van der Waals surface area (Å²) in [4.78, 5) is 4.57. The normalized spacial score (nSPS) is 11.8. The van der Waals surface area contributed by atoms with E-state index in [2.05, 4.69) is 22.0 Å². The quantitative estimate of drug-likeness (QED) is 0.784. The summed E-state index contributed by atoms with van der Waals surface area (Å²) >= 11 is -2.45. The molecule has 2 heterocycles. The molecule has 0 aliphatic carbocycles. The Hall–Kier alpha value is -0.641. The van der Waals surface area contributed by atoms with Crippen molar-refractivity contribution in [3.63, 3.8) is 0 Å². The van der Waals surface area contributed by atoms with Crippen molar-refractivity contribution >= 4 is 25.9 Å². The van der Waals surface area contributed by atoms with Gasteiger partial charge >= 0.3 is 81.4 Å². The first-order valence-corrected chi connectivity index (χ1v) is 12.9. The Labute approximate surface area is 81.4 Å². The second-order valence-corrected chi connectivity index (χ2v) is 15.7. The van der Waals surface area contributed by atoms with Gasteiger partial charge in [-0.2, -0.15) is 0 Å². The second kappa shape index (κ2) is 3.25. The fraction of sp³-hybridized carbons (Fsp3) is 0.200. The zero-order valence-corrected chi connectivity index (χ0v) is 10.6. The molecule has 0 aromatic carbocycles. The molecule has 2 aromatic rings. The van der Waals surface area contributed by atoms with Crippen molar-refractivity contribution in [3.8, 4) is 0 Å². The summed E-state index contributed by atoms with van der Waals surface area (Å²) in [6.07, 6.45) is 3.47. The summed E-state index contributed by atoms with van der Waals surface area (Å²) in [5.74, 6) is 0. The van der Waals surface area contributed by atoms with Gasteiger partial charge in [0.05, 0.1) is 0 Å². The summed E-state index contributed by atoms with van der Waals surface area (Å²) in [6.45, 7) is 0. The first-order chi connectivity index (χ1) is 6.21. The third-order valence-electron chi connectivity index (χ3n) is 2.27. The molecule has 0 N–H and O–H groups in total. The number of hydrogen-bond acceptors (Lipinski definition) is 2. The predicted molar refractivity (Wildman–Crippen MR) is 54.2 cm³/mol. The first-order valence-electron chi connectivity index (χ1n) is 4.29. The van der Waals surface area contributed by atoms with Gasteiger partial charge in [-0.25, -0.2) is 0 Å². The van der Waals surface area contributed by atoms with Gasteiger partial charge < -0.3 is 0 Å². The minimum absolute atomic E-state index is 1.13. The van der Waals surface area contributed by atoms with Crippen LogP contribution in [-0.2, 0) is 0 Å². The summed E-state index contributed by atoms with van der Waals surface area (Å²) in [7, 11) is 0. The van der Waals surface area contributed by atoms with E-state index in [1.807, 2.05) is 12.1 Å². The molecule has 0 spiro atoms. The molecule has 2 aromatic heterocycles. The molecule has 3 heteroatoms. The standard InChI is InChI=1S/2C4H3O.2CH3.Sn/c2*1-2-4-5-3-1;;;/h2*1-3H;2*1H3;. The molecule has 2 nitrogen and oxygen atoms in total. The molecule has 0 saturated carbocycles. The van der Waals surface area contributed by atoms with Crippen molar-refractivity contribution in [1.82, 2.24) is 0 Å². The maximum atomic E-state index is 5.46. The van der Waals surface area contributed by atoms with Gasteiger partial charge in [0, 0.05) is 0 Å².